The zero-order valence-corrected chi connectivity index (χ0v) is 14.9. The molecule has 0 spiro atoms. The summed E-state index contributed by atoms with van der Waals surface area (Å²) in [5.74, 6) is 0.265. The van der Waals surface area contributed by atoms with Gasteiger partial charge < -0.3 is 4.74 Å². The minimum atomic E-state index is -3.68. The summed E-state index contributed by atoms with van der Waals surface area (Å²) in [6, 6.07) is 4.50. The van der Waals surface area contributed by atoms with Crippen molar-refractivity contribution in [2.75, 3.05) is 13.7 Å². The molecule has 0 fully saturated rings. The van der Waals surface area contributed by atoms with Gasteiger partial charge in [0, 0.05) is 16.4 Å². The van der Waals surface area contributed by atoms with E-state index in [2.05, 4.69) is 9.71 Å². The maximum atomic E-state index is 12.4. The topological polar surface area (TPSA) is 68.3 Å². The van der Waals surface area contributed by atoms with Crippen molar-refractivity contribution in [2.45, 2.75) is 25.2 Å². The van der Waals surface area contributed by atoms with Gasteiger partial charge in [-0.25, -0.2) is 18.1 Å². The first-order chi connectivity index (χ1) is 10.3. The molecular formula is C14H17ClN2O3S2. The Labute approximate surface area is 139 Å². The fourth-order valence-corrected chi connectivity index (χ4v) is 4.44. The van der Waals surface area contributed by atoms with Crippen LogP contribution in [0.5, 0.6) is 5.75 Å². The lowest BCUT2D eigenvalue weighted by molar-refractivity contribution is 0.402. The van der Waals surface area contributed by atoms with E-state index in [1.54, 1.807) is 17.4 Å². The number of halogens is 1. The largest absolute Gasteiger partial charge is 0.495 e. The first-order valence-electron chi connectivity index (χ1n) is 6.59. The third-order valence-corrected chi connectivity index (χ3v) is 5.91. The molecule has 1 heterocycles. The van der Waals surface area contributed by atoms with E-state index in [1.807, 2.05) is 13.8 Å². The number of thiazole rings is 1. The van der Waals surface area contributed by atoms with Crippen molar-refractivity contribution in [3.8, 4) is 5.75 Å². The van der Waals surface area contributed by atoms with E-state index in [0.717, 1.165) is 15.6 Å². The molecule has 2 aromatic rings. The molecule has 1 aromatic heterocycles. The van der Waals surface area contributed by atoms with E-state index in [-0.39, 0.29) is 10.6 Å². The fraction of sp³-hybridized carbons (Fsp3) is 0.357. The van der Waals surface area contributed by atoms with Gasteiger partial charge in [0.1, 0.15) is 10.6 Å². The van der Waals surface area contributed by atoms with E-state index in [9.17, 15) is 8.42 Å². The van der Waals surface area contributed by atoms with Gasteiger partial charge in [0.25, 0.3) is 0 Å². The molecular weight excluding hydrogens is 344 g/mol. The van der Waals surface area contributed by atoms with Gasteiger partial charge in [-0.1, -0.05) is 11.6 Å². The number of nitrogens with one attached hydrogen (secondary N) is 1. The molecule has 0 bridgehead atoms. The number of ether oxygens (including phenoxy) is 1. The number of benzene rings is 1. The maximum Gasteiger partial charge on any atom is 0.244 e. The van der Waals surface area contributed by atoms with Crippen LogP contribution in [0.15, 0.2) is 23.1 Å². The predicted molar refractivity (Wildman–Crippen MR) is 88.5 cm³/mol. The van der Waals surface area contributed by atoms with Gasteiger partial charge in [-0.3, -0.25) is 0 Å². The number of rotatable bonds is 6. The lowest BCUT2D eigenvalue weighted by Crippen LogP contribution is -2.26. The van der Waals surface area contributed by atoms with Gasteiger partial charge in [-0.05, 0) is 38.5 Å². The summed E-state index contributed by atoms with van der Waals surface area (Å²) in [7, 11) is -2.25. The average Bonchev–Trinajstić information content (AvgIpc) is 2.77. The van der Waals surface area contributed by atoms with Gasteiger partial charge in [0.2, 0.25) is 10.0 Å². The average molecular weight is 361 g/mol. The summed E-state index contributed by atoms with van der Waals surface area (Å²) in [4.78, 5) is 5.45. The Kier molecular flexibility index (Phi) is 5.44. The lowest BCUT2D eigenvalue weighted by atomic mass is 10.3. The first-order valence-corrected chi connectivity index (χ1v) is 9.27. The number of hydrogen-bond acceptors (Lipinski definition) is 5. The minimum Gasteiger partial charge on any atom is -0.495 e. The summed E-state index contributed by atoms with van der Waals surface area (Å²) in [5, 5.41) is 1.32. The molecule has 0 aliphatic heterocycles. The highest BCUT2D eigenvalue weighted by molar-refractivity contribution is 7.89. The molecule has 22 heavy (non-hydrogen) atoms. The smallest absolute Gasteiger partial charge is 0.244 e. The zero-order chi connectivity index (χ0) is 16.3. The third-order valence-electron chi connectivity index (χ3n) is 3.06. The van der Waals surface area contributed by atoms with Crippen LogP contribution in [0, 0.1) is 13.8 Å². The second kappa shape index (κ2) is 6.95. The highest BCUT2D eigenvalue weighted by Gasteiger charge is 2.19. The summed E-state index contributed by atoms with van der Waals surface area (Å²) in [5.41, 5.74) is 0.946. The minimum absolute atomic E-state index is 0.0414. The van der Waals surface area contributed by atoms with Crippen LogP contribution in [0.1, 0.15) is 15.6 Å². The Morgan fingerprint density at radius 2 is 2.09 bits per heavy atom. The van der Waals surface area contributed by atoms with Crippen LogP contribution in [0.4, 0.5) is 0 Å². The maximum absolute atomic E-state index is 12.4. The van der Waals surface area contributed by atoms with Gasteiger partial charge in [0.15, 0.2) is 0 Å². The highest BCUT2D eigenvalue weighted by atomic mass is 35.5. The molecule has 0 saturated heterocycles. The van der Waals surface area contributed by atoms with Crippen molar-refractivity contribution in [3.63, 3.8) is 0 Å². The SMILES string of the molecule is COc1ccc(Cl)cc1S(=O)(=O)NCCc1sc(C)nc1C. The molecule has 0 atom stereocenters. The molecule has 0 unspecified atom stereocenters. The standard InChI is InChI=1S/C14H17ClN2O3S2/c1-9-13(21-10(2)17-9)6-7-16-22(18,19)14-8-11(15)4-5-12(14)20-3/h4-5,8,16H,6-7H2,1-3H3. The highest BCUT2D eigenvalue weighted by Crippen LogP contribution is 2.27. The number of aryl methyl sites for hydroxylation is 2. The molecule has 8 heteroatoms. The van der Waals surface area contributed by atoms with Crippen molar-refractivity contribution in [2.24, 2.45) is 0 Å². The van der Waals surface area contributed by atoms with Crippen LogP contribution < -0.4 is 9.46 Å². The monoisotopic (exact) mass is 360 g/mol. The molecule has 0 aliphatic carbocycles. The van der Waals surface area contributed by atoms with Crippen molar-refractivity contribution < 1.29 is 13.2 Å². The third kappa shape index (κ3) is 3.98. The number of methoxy groups -OCH3 is 1. The van der Waals surface area contributed by atoms with Crippen molar-refractivity contribution in [1.29, 1.82) is 0 Å². The Bertz CT molecular complexity index is 772. The molecule has 0 saturated carbocycles. The number of nitrogens with zero attached hydrogens (tertiary/aromatic N) is 1. The Balaban J connectivity index is 2.11. The molecule has 0 aliphatic rings. The van der Waals surface area contributed by atoms with Crippen LogP contribution in [0.25, 0.3) is 0 Å². The van der Waals surface area contributed by atoms with E-state index in [4.69, 9.17) is 16.3 Å². The zero-order valence-electron chi connectivity index (χ0n) is 12.5. The van der Waals surface area contributed by atoms with Crippen LogP contribution in [-0.2, 0) is 16.4 Å². The van der Waals surface area contributed by atoms with Gasteiger partial charge >= 0.3 is 0 Å². The number of sulfonamides is 1. The molecule has 1 N–H and O–H groups in total. The van der Waals surface area contributed by atoms with Gasteiger partial charge in [-0.15, -0.1) is 11.3 Å². The first kappa shape index (κ1) is 17.2. The molecule has 120 valence electrons. The summed E-state index contributed by atoms with van der Waals surface area (Å²) in [6.07, 6.45) is 0.597. The Hall–Kier alpha value is -1.15. The molecule has 1 aromatic carbocycles. The Morgan fingerprint density at radius 1 is 1.36 bits per heavy atom. The summed E-state index contributed by atoms with van der Waals surface area (Å²) < 4.78 is 32.4. The second-order valence-electron chi connectivity index (χ2n) is 4.68. The van der Waals surface area contributed by atoms with Gasteiger partial charge in [0.05, 0.1) is 17.8 Å². The number of hydrogen-bond donors (Lipinski definition) is 1. The summed E-state index contributed by atoms with van der Waals surface area (Å²) in [6.45, 7) is 4.15. The number of aromatic nitrogens is 1. The van der Waals surface area contributed by atoms with Crippen LogP contribution in [-0.4, -0.2) is 27.1 Å². The van der Waals surface area contributed by atoms with Crippen LogP contribution in [0.3, 0.4) is 0 Å². The summed E-state index contributed by atoms with van der Waals surface area (Å²) >= 11 is 7.46. The normalized spacial score (nSPS) is 11.6. The van der Waals surface area contributed by atoms with E-state index >= 15 is 0 Å². The molecule has 5 nitrogen and oxygen atoms in total. The molecule has 0 amide bonds. The van der Waals surface area contributed by atoms with Crippen molar-refractivity contribution in [3.05, 3.63) is 38.8 Å². The van der Waals surface area contributed by atoms with Gasteiger partial charge in [-0.2, -0.15) is 0 Å². The fourth-order valence-electron chi connectivity index (χ4n) is 2.04. The lowest BCUT2D eigenvalue weighted by Gasteiger charge is -2.11. The van der Waals surface area contributed by atoms with Crippen molar-refractivity contribution in [1.82, 2.24) is 9.71 Å². The quantitative estimate of drug-likeness (QED) is 0.859. The van der Waals surface area contributed by atoms with E-state index in [1.165, 1.54) is 19.2 Å². The predicted octanol–water partition coefficient (Wildman–Crippen LogP) is 2.94. The Morgan fingerprint density at radius 3 is 2.68 bits per heavy atom. The molecule has 2 rings (SSSR count). The van der Waals surface area contributed by atoms with E-state index < -0.39 is 10.0 Å². The van der Waals surface area contributed by atoms with E-state index in [0.29, 0.717) is 18.0 Å². The van der Waals surface area contributed by atoms with Crippen molar-refractivity contribution >= 4 is 33.0 Å². The van der Waals surface area contributed by atoms with Crippen LogP contribution in [0.2, 0.25) is 5.02 Å². The van der Waals surface area contributed by atoms with Crippen LogP contribution >= 0.6 is 22.9 Å². The molecule has 0 radical (unpaired) electrons. The second-order valence-corrected chi connectivity index (χ2v) is 8.14.